The largest absolute Gasteiger partial charge is 0.492 e. The number of aliphatic carboxylic acids is 1. The maximum atomic E-state index is 10.4. The molecular weight excluding hydrogens is 218 g/mol. The summed E-state index contributed by atoms with van der Waals surface area (Å²) in [5.74, 6) is -0.491. The molecule has 1 unspecified atom stereocenters. The zero-order valence-electron chi connectivity index (χ0n) is 8.02. The number of ether oxygens (including phenoxy) is 1. The lowest BCUT2D eigenvalue weighted by Gasteiger charge is -2.09. The molecule has 4 nitrogen and oxygen atoms in total. The maximum absolute atomic E-state index is 10.4. The van der Waals surface area contributed by atoms with Gasteiger partial charge in [0.05, 0.1) is 11.6 Å². The van der Waals surface area contributed by atoms with Crippen molar-refractivity contribution >= 4 is 17.6 Å². The molecule has 0 aromatic heterocycles. The number of para-hydroxylation sites is 1. The number of hydrogen-bond acceptors (Lipinski definition) is 3. The Morgan fingerprint density at radius 2 is 2.20 bits per heavy atom. The van der Waals surface area contributed by atoms with E-state index in [9.17, 15) is 4.79 Å². The lowest BCUT2D eigenvalue weighted by atomic mass is 10.2. The fourth-order valence-corrected chi connectivity index (χ4v) is 1.17. The van der Waals surface area contributed by atoms with Gasteiger partial charge in [0.2, 0.25) is 0 Å². The molecule has 1 atom stereocenters. The van der Waals surface area contributed by atoms with E-state index < -0.39 is 12.0 Å². The van der Waals surface area contributed by atoms with Crippen LogP contribution < -0.4 is 10.5 Å². The summed E-state index contributed by atoms with van der Waals surface area (Å²) >= 11 is 5.83. The average molecular weight is 230 g/mol. The first kappa shape index (κ1) is 11.8. The first-order valence-corrected chi connectivity index (χ1v) is 4.85. The fourth-order valence-electron chi connectivity index (χ4n) is 0.981. The normalized spacial score (nSPS) is 12.1. The summed E-state index contributed by atoms with van der Waals surface area (Å²) in [7, 11) is 0. The van der Waals surface area contributed by atoms with Crippen LogP contribution in [0.2, 0.25) is 5.02 Å². The SMILES string of the molecule is NC(CCOc1ccccc1Cl)C(=O)O. The third kappa shape index (κ3) is 3.77. The predicted octanol–water partition coefficient (Wildman–Crippen LogP) is 1.52. The third-order valence-electron chi connectivity index (χ3n) is 1.84. The van der Waals surface area contributed by atoms with Gasteiger partial charge in [0.25, 0.3) is 0 Å². The third-order valence-corrected chi connectivity index (χ3v) is 2.15. The van der Waals surface area contributed by atoms with Crippen LogP contribution in [-0.4, -0.2) is 23.7 Å². The molecule has 3 N–H and O–H groups in total. The molecule has 0 radical (unpaired) electrons. The number of benzene rings is 1. The minimum atomic E-state index is -1.03. The van der Waals surface area contributed by atoms with Crippen LogP contribution >= 0.6 is 11.6 Å². The Hall–Kier alpha value is -1.26. The topological polar surface area (TPSA) is 72.5 Å². The second-order valence-electron chi connectivity index (χ2n) is 3.01. The average Bonchev–Trinajstić information content (AvgIpc) is 2.20. The fraction of sp³-hybridized carbons (Fsp3) is 0.300. The number of carboxylic acid groups (broad SMARTS) is 1. The lowest BCUT2D eigenvalue weighted by Crippen LogP contribution is -2.31. The molecule has 0 fully saturated rings. The smallest absolute Gasteiger partial charge is 0.320 e. The van der Waals surface area contributed by atoms with Crippen LogP contribution in [0.25, 0.3) is 0 Å². The van der Waals surface area contributed by atoms with Crippen LogP contribution in [0.3, 0.4) is 0 Å². The van der Waals surface area contributed by atoms with Gasteiger partial charge in [-0.05, 0) is 12.1 Å². The van der Waals surface area contributed by atoms with E-state index in [0.29, 0.717) is 10.8 Å². The summed E-state index contributed by atoms with van der Waals surface area (Å²) < 4.78 is 5.28. The Balaban J connectivity index is 2.38. The van der Waals surface area contributed by atoms with Crippen LogP contribution in [-0.2, 0) is 4.79 Å². The molecule has 1 rings (SSSR count). The van der Waals surface area contributed by atoms with E-state index in [1.807, 2.05) is 0 Å². The molecule has 1 aromatic carbocycles. The van der Waals surface area contributed by atoms with Crippen LogP contribution in [0.15, 0.2) is 24.3 Å². The molecule has 0 bridgehead atoms. The molecule has 0 aliphatic carbocycles. The van der Waals surface area contributed by atoms with E-state index in [0.717, 1.165) is 0 Å². The highest BCUT2D eigenvalue weighted by Crippen LogP contribution is 2.23. The second-order valence-corrected chi connectivity index (χ2v) is 3.42. The van der Waals surface area contributed by atoms with Gasteiger partial charge in [0.1, 0.15) is 11.8 Å². The summed E-state index contributed by atoms with van der Waals surface area (Å²) in [6.07, 6.45) is 0.251. The van der Waals surface area contributed by atoms with Crippen molar-refractivity contribution in [3.63, 3.8) is 0 Å². The molecule has 0 aliphatic rings. The van der Waals surface area contributed by atoms with Gasteiger partial charge < -0.3 is 15.6 Å². The molecule has 5 heteroatoms. The van der Waals surface area contributed by atoms with Crippen molar-refractivity contribution in [1.29, 1.82) is 0 Å². The van der Waals surface area contributed by atoms with E-state index >= 15 is 0 Å². The summed E-state index contributed by atoms with van der Waals surface area (Å²) in [6, 6.07) is 6.10. The molecule has 1 aromatic rings. The molecule has 0 amide bonds. The van der Waals surface area contributed by atoms with Crippen LogP contribution in [0.5, 0.6) is 5.75 Å². The van der Waals surface area contributed by atoms with Gasteiger partial charge in [-0.3, -0.25) is 4.79 Å². The number of carbonyl (C=O) groups is 1. The Morgan fingerprint density at radius 1 is 1.53 bits per heavy atom. The van der Waals surface area contributed by atoms with Crippen molar-refractivity contribution in [2.24, 2.45) is 5.73 Å². The summed E-state index contributed by atoms with van der Waals surface area (Å²) in [5, 5.41) is 9.03. The maximum Gasteiger partial charge on any atom is 0.320 e. The lowest BCUT2D eigenvalue weighted by molar-refractivity contribution is -0.138. The van der Waals surface area contributed by atoms with Crippen molar-refractivity contribution in [2.45, 2.75) is 12.5 Å². The first-order chi connectivity index (χ1) is 7.11. The molecule has 0 saturated heterocycles. The molecule has 0 aliphatic heterocycles. The van der Waals surface area contributed by atoms with Crippen LogP contribution in [0.1, 0.15) is 6.42 Å². The van der Waals surface area contributed by atoms with E-state index in [4.69, 9.17) is 27.2 Å². The number of halogens is 1. The summed E-state index contributed by atoms with van der Waals surface area (Å²) in [4.78, 5) is 10.4. The van der Waals surface area contributed by atoms with Gasteiger partial charge in [-0.15, -0.1) is 0 Å². The van der Waals surface area contributed by atoms with E-state index in [1.54, 1.807) is 24.3 Å². The molecule has 0 saturated carbocycles. The van der Waals surface area contributed by atoms with Gasteiger partial charge in [-0.2, -0.15) is 0 Å². The van der Waals surface area contributed by atoms with Gasteiger partial charge in [0.15, 0.2) is 0 Å². The van der Waals surface area contributed by atoms with Crippen molar-refractivity contribution < 1.29 is 14.6 Å². The predicted molar refractivity (Wildman–Crippen MR) is 57.2 cm³/mol. The quantitative estimate of drug-likeness (QED) is 0.803. The van der Waals surface area contributed by atoms with Crippen LogP contribution in [0.4, 0.5) is 0 Å². The first-order valence-electron chi connectivity index (χ1n) is 4.47. The van der Waals surface area contributed by atoms with E-state index in [-0.39, 0.29) is 13.0 Å². The van der Waals surface area contributed by atoms with Gasteiger partial charge in [-0.25, -0.2) is 0 Å². The van der Waals surface area contributed by atoms with E-state index in [1.165, 1.54) is 0 Å². The van der Waals surface area contributed by atoms with Crippen molar-refractivity contribution in [3.05, 3.63) is 29.3 Å². The van der Waals surface area contributed by atoms with E-state index in [2.05, 4.69) is 0 Å². The Morgan fingerprint density at radius 3 is 2.80 bits per heavy atom. The molecular formula is C10H12ClNO3. The summed E-state index contributed by atoms with van der Waals surface area (Å²) in [6.45, 7) is 0.233. The minimum absolute atomic E-state index is 0.233. The van der Waals surface area contributed by atoms with Gasteiger partial charge in [0, 0.05) is 6.42 Å². The highest BCUT2D eigenvalue weighted by atomic mass is 35.5. The summed E-state index contributed by atoms with van der Waals surface area (Å²) in [5.41, 5.74) is 5.31. The Bertz CT molecular complexity index is 343. The Kier molecular flexibility index (Phi) is 4.39. The standard InChI is InChI=1S/C10H12ClNO3/c11-7-3-1-2-4-9(7)15-6-5-8(12)10(13)14/h1-4,8H,5-6,12H2,(H,13,14). The molecule has 82 valence electrons. The zero-order valence-corrected chi connectivity index (χ0v) is 8.78. The number of carboxylic acids is 1. The minimum Gasteiger partial charge on any atom is -0.492 e. The molecule has 0 heterocycles. The number of rotatable bonds is 5. The number of nitrogens with two attached hydrogens (primary N) is 1. The second kappa shape index (κ2) is 5.58. The Labute approximate surface area is 92.6 Å². The zero-order chi connectivity index (χ0) is 11.3. The molecule has 15 heavy (non-hydrogen) atoms. The van der Waals surface area contributed by atoms with Crippen LogP contribution in [0, 0.1) is 0 Å². The van der Waals surface area contributed by atoms with Crippen molar-refractivity contribution in [3.8, 4) is 5.75 Å². The highest BCUT2D eigenvalue weighted by Gasteiger charge is 2.11. The van der Waals surface area contributed by atoms with Crippen molar-refractivity contribution in [1.82, 2.24) is 0 Å². The van der Waals surface area contributed by atoms with Gasteiger partial charge in [-0.1, -0.05) is 23.7 Å². The monoisotopic (exact) mass is 229 g/mol. The molecule has 0 spiro atoms. The van der Waals surface area contributed by atoms with Gasteiger partial charge >= 0.3 is 5.97 Å². The van der Waals surface area contributed by atoms with Crippen molar-refractivity contribution in [2.75, 3.05) is 6.61 Å². The number of hydrogen-bond donors (Lipinski definition) is 2. The highest BCUT2D eigenvalue weighted by molar-refractivity contribution is 6.32.